The summed E-state index contributed by atoms with van der Waals surface area (Å²) in [6, 6.07) is 6.28. The standard InChI is InChI=1S/C14H12BrN3O/c1-7-3-9(4-8(2)12(7)15)13-17-14(19-18-13)11-5-10(11)6-16/h3-4,10-11H,5H2,1-2H3. The average Bonchev–Trinajstić information content (AvgIpc) is 3.03. The molecule has 0 aliphatic heterocycles. The van der Waals surface area contributed by atoms with Crippen LogP contribution in [-0.4, -0.2) is 10.1 Å². The minimum atomic E-state index is 0.0432. The lowest BCUT2D eigenvalue weighted by Gasteiger charge is -2.04. The predicted molar refractivity (Wildman–Crippen MR) is 73.4 cm³/mol. The molecule has 2 unspecified atom stereocenters. The van der Waals surface area contributed by atoms with Crippen LogP contribution < -0.4 is 0 Å². The van der Waals surface area contributed by atoms with Gasteiger partial charge in [0.25, 0.3) is 0 Å². The van der Waals surface area contributed by atoms with Gasteiger partial charge in [0.15, 0.2) is 0 Å². The summed E-state index contributed by atoms with van der Waals surface area (Å²) in [7, 11) is 0. The van der Waals surface area contributed by atoms with Crippen molar-refractivity contribution in [2.24, 2.45) is 5.92 Å². The van der Waals surface area contributed by atoms with Gasteiger partial charge in [0.2, 0.25) is 11.7 Å². The third-order valence-electron chi connectivity index (χ3n) is 3.41. The second kappa shape index (κ2) is 4.46. The van der Waals surface area contributed by atoms with Gasteiger partial charge in [-0.3, -0.25) is 0 Å². The largest absolute Gasteiger partial charge is 0.339 e. The summed E-state index contributed by atoms with van der Waals surface area (Å²) < 4.78 is 6.36. The Morgan fingerprint density at radius 3 is 2.63 bits per heavy atom. The molecule has 1 aliphatic rings. The monoisotopic (exact) mass is 317 g/mol. The summed E-state index contributed by atoms with van der Waals surface area (Å²) in [5.41, 5.74) is 3.23. The highest BCUT2D eigenvalue weighted by molar-refractivity contribution is 9.10. The predicted octanol–water partition coefficient (Wildman–Crippen LogP) is 3.74. The maximum absolute atomic E-state index is 8.82. The van der Waals surface area contributed by atoms with Gasteiger partial charge in [0.1, 0.15) is 0 Å². The number of hydrogen-bond donors (Lipinski definition) is 0. The zero-order chi connectivity index (χ0) is 13.6. The van der Waals surface area contributed by atoms with Crippen LogP contribution in [0.3, 0.4) is 0 Å². The number of halogens is 1. The van der Waals surface area contributed by atoms with E-state index in [2.05, 4.69) is 32.1 Å². The topological polar surface area (TPSA) is 62.7 Å². The molecule has 0 radical (unpaired) electrons. The van der Waals surface area contributed by atoms with Gasteiger partial charge in [-0.05, 0) is 43.5 Å². The second-order valence-electron chi connectivity index (χ2n) is 4.96. The Bertz CT molecular complexity index is 663. The molecule has 0 saturated heterocycles. The lowest BCUT2D eigenvalue weighted by atomic mass is 10.1. The van der Waals surface area contributed by atoms with E-state index in [0.29, 0.717) is 11.7 Å². The molecule has 1 fully saturated rings. The molecular formula is C14H12BrN3O. The molecule has 96 valence electrons. The van der Waals surface area contributed by atoms with Gasteiger partial charge < -0.3 is 4.52 Å². The summed E-state index contributed by atoms with van der Waals surface area (Å²) in [5, 5.41) is 12.8. The van der Waals surface area contributed by atoms with E-state index in [9.17, 15) is 0 Å². The molecule has 2 atom stereocenters. The van der Waals surface area contributed by atoms with E-state index in [-0.39, 0.29) is 11.8 Å². The van der Waals surface area contributed by atoms with Crippen LogP contribution in [0.25, 0.3) is 11.4 Å². The first-order chi connectivity index (χ1) is 9.10. The molecule has 1 saturated carbocycles. The van der Waals surface area contributed by atoms with Crippen molar-refractivity contribution in [2.45, 2.75) is 26.2 Å². The number of nitrogens with zero attached hydrogens (tertiary/aromatic N) is 3. The summed E-state index contributed by atoms with van der Waals surface area (Å²) in [5.74, 6) is 1.35. The van der Waals surface area contributed by atoms with Gasteiger partial charge in [-0.2, -0.15) is 10.2 Å². The highest BCUT2D eigenvalue weighted by Gasteiger charge is 2.43. The summed E-state index contributed by atoms with van der Waals surface area (Å²) >= 11 is 3.54. The first kappa shape index (κ1) is 12.4. The lowest BCUT2D eigenvalue weighted by molar-refractivity contribution is 0.378. The van der Waals surface area contributed by atoms with Crippen LogP contribution in [0, 0.1) is 31.1 Å². The van der Waals surface area contributed by atoms with Crippen molar-refractivity contribution >= 4 is 15.9 Å². The van der Waals surface area contributed by atoms with E-state index >= 15 is 0 Å². The molecule has 19 heavy (non-hydrogen) atoms. The number of aryl methyl sites for hydroxylation is 2. The first-order valence-corrected chi connectivity index (χ1v) is 6.89. The fraction of sp³-hybridized carbons (Fsp3) is 0.357. The van der Waals surface area contributed by atoms with Crippen LogP contribution in [0.1, 0.15) is 29.4 Å². The van der Waals surface area contributed by atoms with E-state index in [4.69, 9.17) is 9.78 Å². The Hall–Kier alpha value is -1.67. The highest BCUT2D eigenvalue weighted by atomic mass is 79.9. The van der Waals surface area contributed by atoms with E-state index < -0.39 is 0 Å². The van der Waals surface area contributed by atoms with Crippen molar-refractivity contribution in [1.29, 1.82) is 5.26 Å². The smallest absolute Gasteiger partial charge is 0.231 e. The van der Waals surface area contributed by atoms with Crippen molar-refractivity contribution in [3.63, 3.8) is 0 Å². The normalized spacial score (nSPS) is 21.2. The van der Waals surface area contributed by atoms with E-state index in [1.165, 1.54) is 0 Å². The third kappa shape index (κ3) is 2.17. The Balaban J connectivity index is 1.93. The number of nitriles is 1. The minimum Gasteiger partial charge on any atom is -0.339 e. The zero-order valence-electron chi connectivity index (χ0n) is 10.6. The number of aromatic nitrogens is 2. The minimum absolute atomic E-state index is 0.0432. The Morgan fingerprint density at radius 1 is 1.37 bits per heavy atom. The molecule has 0 spiro atoms. The maximum Gasteiger partial charge on any atom is 0.231 e. The first-order valence-electron chi connectivity index (χ1n) is 6.10. The molecule has 2 aromatic rings. The quantitative estimate of drug-likeness (QED) is 0.846. The fourth-order valence-electron chi connectivity index (χ4n) is 2.19. The van der Waals surface area contributed by atoms with Crippen LogP contribution in [0.5, 0.6) is 0 Å². The maximum atomic E-state index is 8.82. The molecule has 0 bridgehead atoms. The van der Waals surface area contributed by atoms with Crippen LogP contribution in [0.4, 0.5) is 0 Å². The van der Waals surface area contributed by atoms with Crippen molar-refractivity contribution in [1.82, 2.24) is 10.1 Å². The lowest BCUT2D eigenvalue weighted by Crippen LogP contribution is -1.88. The number of benzene rings is 1. The Labute approximate surface area is 119 Å². The molecule has 3 rings (SSSR count). The fourth-order valence-corrected chi connectivity index (χ4v) is 2.42. The molecule has 5 heteroatoms. The van der Waals surface area contributed by atoms with Gasteiger partial charge in [0.05, 0.1) is 17.9 Å². The van der Waals surface area contributed by atoms with Crippen molar-refractivity contribution < 1.29 is 4.52 Å². The van der Waals surface area contributed by atoms with Gasteiger partial charge >= 0.3 is 0 Å². The molecule has 1 heterocycles. The van der Waals surface area contributed by atoms with E-state index in [1.54, 1.807) is 0 Å². The van der Waals surface area contributed by atoms with Crippen LogP contribution in [-0.2, 0) is 0 Å². The summed E-state index contributed by atoms with van der Waals surface area (Å²) in [6.07, 6.45) is 0.830. The Morgan fingerprint density at radius 2 is 2.05 bits per heavy atom. The Kier molecular flexibility index (Phi) is 2.90. The van der Waals surface area contributed by atoms with Gasteiger partial charge in [-0.1, -0.05) is 21.1 Å². The van der Waals surface area contributed by atoms with Gasteiger partial charge in [-0.15, -0.1) is 0 Å². The van der Waals surface area contributed by atoms with Crippen LogP contribution in [0.2, 0.25) is 0 Å². The van der Waals surface area contributed by atoms with Crippen LogP contribution >= 0.6 is 15.9 Å². The summed E-state index contributed by atoms with van der Waals surface area (Å²) in [4.78, 5) is 4.41. The molecule has 1 aromatic heterocycles. The van der Waals surface area contributed by atoms with Crippen molar-refractivity contribution in [3.8, 4) is 17.5 Å². The third-order valence-corrected chi connectivity index (χ3v) is 4.66. The SMILES string of the molecule is Cc1cc(-c2noc(C3CC3C#N)n2)cc(C)c1Br. The molecule has 1 aliphatic carbocycles. The zero-order valence-corrected chi connectivity index (χ0v) is 12.2. The van der Waals surface area contributed by atoms with Crippen molar-refractivity contribution in [3.05, 3.63) is 33.6 Å². The molecule has 4 nitrogen and oxygen atoms in total. The van der Waals surface area contributed by atoms with Gasteiger partial charge in [0, 0.05) is 10.0 Å². The molecule has 1 aromatic carbocycles. The van der Waals surface area contributed by atoms with Crippen LogP contribution in [0.15, 0.2) is 21.1 Å². The molecule has 0 N–H and O–H groups in total. The average molecular weight is 318 g/mol. The second-order valence-corrected chi connectivity index (χ2v) is 5.75. The summed E-state index contributed by atoms with van der Waals surface area (Å²) in [6.45, 7) is 4.07. The van der Waals surface area contributed by atoms with Crippen molar-refractivity contribution in [2.75, 3.05) is 0 Å². The molecule has 0 amide bonds. The van der Waals surface area contributed by atoms with E-state index in [1.807, 2.05) is 26.0 Å². The molecular weight excluding hydrogens is 306 g/mol. The highest BCUT2D eigenvalue weighted by Crippen LogP contribution is 2.46. The van der Waals surface area contributed by atoms with E-state index in [0.717, 1.165) is 27.6 Å². The number of rotatable bonds is 2. The van der Waals surface area contributed by atoms with Gasteiger partial charge in [-0.25, -0.2) is 0 Å². The number of hydrogen-bond acceptors (Lipinski definition) is 4.